The molecule has 1 aliphatic rings. The van der Waals surface area contributed by atoms with Crippen LogP contribution in [0.3, 0.4) is 0 Å². The standard InChI is InChI=1S/C12H13BrN2O2/c13-11-4-2-1-3-10(11)12(16)15-7-5-9(14-17)6-8-15/h1-4,17H,5-8H2. The predicted molar refractivity (Wildman–Crippen MR) is 68.5 cm³/mol. The SMILES string of the molecule is O=C(c1ccccc1Br)N1CCC(=NO)CC1. The summed E-state index contributed by atoms with van der Waals surface area (Å²) in [4.78, 5) is 14.0. The summed E-state index contributed by atoms with van der Waals surface area (Å²) in [5.41, 5.74) is 1.44. The highest BCUT2D eigenvalue weighted by atomic mass is 79.9. The largest absolute Gasteiger partial charge is 0.411 e. The number of nitrogens with zero attached hydrogens (tertiary/aromatic N) is 2. The Morgan fingerprint density at radius 2 is 1.94 bits per heavy atom. The molecule has 1 amide bonds. The number of hydrogen-bond donors (Lipinski definition) is 1. The van der Waals surface area contributed by atoms with E-state index in [1.54, 1.807) is 4.90 Å². The van der Waals surface area contributed by atoms with E-state index in [1.165, 1.54) is 0 Å². The van der Waals surface area contributed by atoms with Crippen LogP contribution in [0.25, 0.3) is 0 Å². The summed E-state index contributed by atoms with van der Waals surface area (Å²) >= 11 is 3.38. The second kappa shape index (κ2) is 5.31. The van der Waals surface area contributed by atoms with E-state index in [1.807, 2.05) is 24.3 Å². The zero-order valence-electron chi connectivity index (χ0n) is 9.27. The van der Waals surface area contributed by atoms with Crippen LogP contribution in [0.4, 0.5) is 0 Å². The van der Waals surface area contributed by atoms with Gasteiger partial charge in [0.25, 0.3) is 5.91 Å². The lowest BCUT2D eigenvalue weighted by Crippen LogP contribution is -2.38. The highest BCUT2D eigenvalue weighted by Gasteiger charge is 2.22. The molecule has 1 N–H and O–H groups in total. The molecule has 5 heteroatoms. The van der Waals surface area contributed by atoms with E-state index >= 15 is 0 Å². The van der Waals surface area contributed by atoms with Crippen LogP contribution >= 0.6 is 15.9 Å². The van der Waals surface area contributed by atoms with Gasteiger partial charge in [0, 0.05) is 30.4 Å². The second-order valence-electron chi connectivity index (χ2n) is 3.94. The quantitative estimate of drug-likeness (QED) is 0.639. The lowest BCUT2D eigenvalue weighted by Gasteiger charge is -2.27. The Kier molecular flexibility index (Phi) is 3.78. The maximum atomic E-state index is 12.2. The van der Waals surface area contributed by atoms with E-state index in [0.717, 1.165) is 10.2 Å². The summed E-state index contributed by atoms with van der Waals surface area (Å²) in [6.45, 7) is 1.22. The minimum atomic E-state index is 0.0227. The molecule has 1 fully saturated rings. The fourth-order valence-electron chi connectivity index (χ4n) is 1.87. The molecule has 1 heterocycles. The first-order valence-electron chi connectivity index (χ1n) is 5.46. The van der Waals surface area contributed by atoms with E-state index in [-0.39, 0.29) is 5.91 Å². The van der Waals surface area contributed by atoms with Gasteiger partial charge in [0.2, 0.25) is 0 Å². The van der Waals surface area contributed by atoms with Crippen molar-refractivity contribution in [3.05, 3.63) is 34.3 Å². The third kappa shape index (κ3) is 2.66. The molecule has 17 heavy (non-hydrogen) atoms. The Morgan fingerprint density at radius 3 is 2.53 bits per heavy atom. The number of rotatable bonds is 1. The molecule has 0 radical (unpaired) electrons. The Bertz CT molecular complexity index is 450. The third-order valence-electron chi connectivity index (χ3n) is 2.87. The highest BCUT2D eigenvalue weighted by molar-refractivity contribution is 9.10. The number of piperidine rings is 1. The molecule has 0 aliphatic carbocycles. The van der Waals surface area contributed by atoms with Crippen molar-refractivity contribution in [3.8, 4) is 0 Å². The summed E-state index contributed by atoms with van der Waals surface area (Å²) in [5, 5.41) is 11.9. The van der Waals surface area contributed by atoms with Crippen LogP contribution in [0, 0.1) is 0 Å². The van der Waals surface area contributed by atoms with Gasteiger partial charge in [-0.3, -0.25) is 4.79 Å². The van der Waals surface area contributed by atoms with Crippen molar-refractivity contribution in [2.24, 2.45) is 5.16 Å². The molecule has 90 valence electrons. The minimum Gasteiger partial charge on any atom is -0.411 e. The fourth-order valence-corrected chi connectivity index (χ4v) is 2.33. The molecule has 2 rings (SSSR count). The Hall–Kier alpha value is -1.36. The molecule has 0 unspecified atom stereocenters. The summed E-state index contributed by atoms with van der Waals surface area (Å²) in [5.74, 6) is 0.0227. The van der Waals surface area contributed by atoms with Crippen molar-refractivity contribution >= 4 is 27.5 Å². The summed E-state index contributed by atoms with van der Waals surface area (Å²) in [6, 6.07) is 7.40. The van der Waals surface area contributed by atoms with Crippen LogP contribution < -0.4 is 0 Å². The van der Waals surface area contributed by atoms with Gasteiger partial charge in [-0.2, -0.15) is 0 Å². The van der Waals surface area contributed by atoms with Gasteiger partial charge in [-0.15, -0.1) is 0 Å². The van der Waals surface area contributed by atoms with Crippen LogP contribution in [-0.4, -0.2) is 34.8 Å². The van der Waals surface area contributed by atoms with E-state index in [4.69, 9.17) is 5.21 Å². The Labute approximate surface area is 108 Å². The van der Waals surface area contributed by atoms with Crippen LogP contribution in [0.15, 0.2) is 33.9 Å². The first-order chi connectivity index (χ1) is 8.22. The normalized spacial score (nSPS) is 15.8. The minimum absolute atomic E-state index is 0.0227. The molecular formula is C12H13BrN2O2. The van der Waals surface area contributed by atoms with Crippen molar-refractivity contribution < 1.29 is 10.0 Å². The lowest BCUT2D eigenvalue weighted by molar-refractivity contribution is 0.0753. The van der Waals surface area contributed by atoms with E-state index in [0.29, 0.717) is 31.5 Å². The number of carbonyl (C=O) groups excluding carboxylic acids is 1. The average molecular weight is 297 g/mol. The molecule has 1 aromatic carbocycles. The third-order valence-corrected chi connectivity index (χ3v) is 3.57. The smallest absolute Gasteiger partial charge is 0.255 e. The van der Waals surface area contributed by atoms with Crippen molar-refractivity contribution in [3.63, 3.8) is 0 Å². The molecule has 1 aliphatic heterocycles. The number of halogens is 1. The maximum absolute atomic E-state index is 12.2. The van der Waals surface area contributed by atoms with Gasteiger partial charge in [-0.1, -0.05) is 17.3 Å². The molecule has 1 saturated heterocycles. The van der Waals surface area contributed by atoms with Gasteiger partial charge in [-0.05, 0) is 28.1 Å². The van der Waals surface area contributed by atoms with Gasteiger partial charge < -0.3 is 10.1 Å². The van der Waals surface area contributed by atoms with E-state index in [2.05, 4.69) is 21.1 Å². The molecule has 4 nitrogen and oxygen atoms in total. The summed E-state index contributed by atoms with van der Waals surface area (Å²) in [6.07, 6.45) is 1.29. The molecule has 0 aromatic heterocycles. The first kappa shape index (κ1) is 12.1. The molecule has 0 saturated carbocycles. The number of benzene rings is 1. The van der Waals surface area contributed by atoms with Crippen molar-refractivity contribution in [2.45, 2.75) is 12.8 Å². The number of amides is 1. The van der Waals surface area contributed by atoms with Gasteiger partial charge >= 0.3 is 0 Å². The predicted octanol–water partition coefficient (Wildman–Crippen LogP) is 2.52. The molecule has 0 bridgehead atoms. The second-order valence-corrected chi connectivity index (χ2v) is 4.79. The number of carbonyl (C=O) groups is 1. The Balaban J connectivity index is 2.10. The maximum Gasteiger partial charge on any atom is 0.255 e. The number of hydrogen-bond acceptors (Lipinski definition) is 3. The molecule has 1 aromatic rings. The first-order valence-corrected chi connectivity index (χ1v) is 6.25. The van der Waals surface area contributed by atoms with Crippen LogP contribution in [0.5, 0.6) is 0 Å². The molecular weight excluding hydrogens is 284 g/mol. The average Bonchev–Trinajstić information content (AvgIpc) is 2.39. The van der Waals surface area contributed by atoms with E-state index < -0.39 is 0 Å². The van der Waals surface area contributed by atoms with Crippen LogP contribution in [0.2, 0.25) is 0 Å². The van der Waals surface area contributed by atoms with Gasteiger partial charge in [-0.25, -0.2) is 0 Å². The molecule has 0 spiro atoms. The van der Waals surface area contributed by atoms with Crippen molar-refractivity contribution in [2.75, 3.05) is 13.1 Å². The van der Waals surface area contributed by atoms with Gasteiger partial charge in [0.1, 0.15) is 0 Å². The summed E-state index contributed by atoms with van der Waals surface area (Å²) in [7, 11) is 0. The van der Waals surface area contributed by atoms with Gasteiger partial charge in [0.05, 0.1) is 11.3 Å². The van der Waals surface area contributed by atoms with Crippen molar-refractivity contribution in [1.29, 1.82) is 0 Å². The topological polar surface area (TPSA) is 52.9 Å². The monoisotopic (exact) mass is 296 g/mol. The van der Waals surface area contributed by atoms with Gasteiger partial charge in [0.15, 0.2) is 0 Å². The van der Waals surface area contributed by atoms with Crippen molar-refractivity contribution in [1.82, 2.24) is 4.90 Å². The van der Waals surface area contributed by atoms with Crippen LogP contribution in [0.1, 0.15) is 23.2 Å². The number of likely N-dealkylation sites (tertiary alicyclic amines) is 1. The lowest BCUT2D eigenvalue weighted by atomic mass is 10.1. The fraction of sp³-hybridized carbons (Fsp3) is 0.333. The zero-order valence-corrected chi connectivity index (χ0v) is 10.9. The van der Waals surface area contributed by atoms with E-state index in [9.17, 15) is 4.79 Å². The highest BCUT2D eigenvalue weighted by Crippen LogP contribution is 2.19. The zero-order chi connectivity index (χ0) is 12.3. The number of oxime groups is 1. The van der Waals surface area contributed by atoms with Crippen LogP contribution in [-0.2, 0) is 0 Å². The molecule has 0 atom stereocenters. The summed E-state index contributed by atoms with van der Waals surface area (Å²) < 4.78 is 0.812. The Morgan fingerprint density at radius 1 is 1.29 bits per heavy atom.